The van der Waals surface area contributed by atoms with Crippen LogP contribution in [0.4, 0.5) is 0 Å². The number of rotatable bonds is 5. The van der Waals surface area contributed by atoms with Crippen molar-refractivity contribution in [3.05, 3.63) is 80.8 Å². The Hall–Kier alpha value is -2.67. The summed E-state index contributed by atoms with van der Waals surface area (Å²) in [6.07, 6.45) is 4.68. The van der Waals surface area contributed by atoms with Crippen LogP contribution in [0.1, 0.15) is 34.1 Å². The zero-order valence-corrected chi connectivity index (χ0v) is 20.2. The van der Waals surface area contributed by atoms with E-state index in [0.717, 1.165) is 16.4 Å². The maximum atomic E-state index is 13.7. The van der Waals surface area contributed by atoms with Gasteiger partial charge < -0.3 is 0 Å². The molecule has 3 aliphatic rings. The molecule has 1 heterocycles. The minimum atomic E-state index is -1.15. The smallest absolute Gasteiger partial charge is 0.273 e. The molecule has 2 fully saturated rings. The maximum Gasteiger partial charge on any atom is 0.273 e. The van der Waals surface area contributed by atoms with E-state index in [4.69, 9.17) is 34.8 Å². The summed E-state index contributed by atoms with van der Waals surface area (Å²) < 4.78 is 0. The van der Waals surface area contributed by atoms with Crippen LogP contribution in [0, 0.1) is 23.7 Å². The van der Waals surface area contributed by atoms with E-state index in [-0.39, 0.29) is 27.4 Å². The molecule has 0 unspecified atom stereocenters. The van der Waals surface area contributed by atoms with Gasteiger partial charge in [0.2, 0.25) is 0 Å². The predicted octanol–water partition coefficient (Wildman–Crippen LogP) is 5.08. The Morgan fingerprint density at radius 3 is 2.00 bits per heavy atom. The fourth-order valence-corrected chi connectivity index (χ4v) is 5.69. The largest absolute Gasteiger partial charge is 0.292 e. The summed E-state index contributed by atoms with van der Waals surface area (Å²) in [5.74, 6) is -3.19. The van der Waals surface area contributed by atoms with Gasteiger partial charge in [-0.05, 0) is 67.6 Å². The molecule has 2 aromatic rings. The lowest BCUT2D eigenvalue weighted by Gasteiger charge is -2.35. The number of carbonyl (C=O) groups excluding carboxylic acids is 4. The number of benzene rings is 2. The standard InChI is InChI=1S/C25H19Cl3N2O4/c1-12(22(31)13-4-7-17(26)8-5-13)29(23(32)16-6-9-18(27)19(28)11-16)30-24(33)20-14-2-3-15(10-14)21(20)25(30)34/h2-9,11-12,14-15,20-21H,10H2,1H3/t12-,14+,15+,20+,21+/m1/s1. The Morgan fingerprint density at radius 2 is 1.44 bits per heavy atom. The number of imide groups is 1. The van der Waals surface area contributed by atoms with Gasteiger partial charge in [-0.15, -0.1) is 0 Å². The van der Waals surface area contributed by atoms with Gasteiger partial charge in [0, 0.05) is 16.1 Å². The lowest BCUT2D eigenvalue weighted by atomic mass is 9.85. The first kappa shape index (κ1) is 23.1. The minimum Gasteiger partial charge on any atom is -0.292 e. The van der Waals surface area contributed by atoms with Crippen molar-refractivity contribution in [2.45, 2.75) is 19.4 Å². The van der Waals surface area contributed by atoms with Crippen LogP contribution in [0.2, 0.25) is 15.1 Å². The number of halogens is 3. The fraction of sp³-hybridized carbons (Fsp3) is 0.280. The van der Waals surface area contributed by atoms with Crippen molar-refractivity contribution < 1.29 is 19.2 Å². The molecule has 3 amide bonds. The average Bonchev–Trinajstić information content (AvgIpc) is 3.51. The first-order valence-corrected chi connectivity index (χ1v) is 12.0. The summed E-state index contributed by atoms with van der Waals surface area (Å²) in [4.78, 5) is 54.1. The van der Waals surface area contributed by atoms with E-state index in [2.05, 4.69) is 0 Å². The van der Waals surface area contributed by atoms with Gasteiger partial charge in [-0.3, -0.25) is 19.2 Å². The number of fused-ring (bicyclic) bond motifs is 5. The molecule has 2 aliphatic carbocycles. The van der Waals surface area contributed by atoms with E-state index in [1.807, 2.05) is 12.2 Å². The van der Waals surface area contributed by atoms with Gasteiger partial charge in [-0.2, -0.15) is 5.01 Å². The molecular formula is C25H19Cl3N2O4. The SMILES string of the molecule is C[C@H](C(=O)c1ccc(Cl)cc1)N(C(=O)c1ccc(Cl)c(Cl)c1)N1C(=O)[C@@H]2[C@@H](C1=O)[C@H]1C=C[C@H]2C1. The number of amides is 3. The van der Waals surface area contributed by atoms with Crippen molar-refractivity contribution in [2.24, 2.45) is 23.7 Å². The molecule has 5 atom stereocenters. The highest BCUT2D eigenvalue weighted by atomic mass is 35.5. The molecule has 6 nitrogen and oxygen atoms in total. The molecule has 1 saturated heterocycles. The summed E-state index contributed by atoms with van der Waals surface area (Å²) in [5, 5.41) is 2.69. The van der Waals surface area contributed by atoms with Gasteiger partial charge in [0.15, 0.2) is 5.78 Å². The molecule has 0 radical (unpaired) electrons. The topological polar surface area (TPSA) is 74.8 Å². The highest BCUT2D eigenvalue weighted by molar-refractivity contribution is 6.42. The van der Waals surface area contributed by atoms with Crippen LogP contribution in [0.25, 0.3) is 0 Å². The lowest BCUT2D eigenvalue weighted by molar-refractivity contribution is -0.157. The number of hydrogen-bond acceptors (Lipinski definition) is 4. The van der Waals surface area contributed by atoms with Gasteiger partial charge in [-0.25, -0.2) is 5.01 Å². The number of nitrogens with zero attached hydrogens (tertiary/aromatic N) is 2. The highest BCUT2D eigenvalue weighted by Crippen LogP contribution is 2.53. The predicted molar refractivity (Wildman–Crippen MR) is 127 cm³/mol. The van der Waals surface area contributed by atoms with Crippen molar-refractivity contribution in [2.75, 3.05) is 0 Å². The van der Waals surface area contributed by atoms with Crippen LogP contribution >= 0.6 is 34.8 Å². The minimum absolute atomic E-state index is 0.0411. The number of hydrazine groups is 1. The van der Waals surface area contributed by atoms with Crippen molar-refractivity contribution >= 4 is 58.3 Å². The van der Waals surface area contributed by atoms with Crippen LogP contribution in [-0.2, 0) is 9.59 Å². The molecule has 174 valence electrons. The van der Waals surface area contributed by atoms with Gasteiger partial charge >= 0.3 is 0 Å². The summed E-state index contributed by atoms with van der Waals surface area (Å²) in [6.45, 7) is 1.49. The Morgan fingerprint density at radius 1 is 0.882 bits per heavy atom. The van der Waals surface area contributed by atoms with E-state index in [1.54, 1.807) is 12.1 Å². The molecule has 2 bridgehead atoms. The summed E-state index contributed by atoms with van der Waals surface area (Å²) in [6, 6.07) is 9.30. The quantitative estimate of drug-likeness (QED) is 0.315. The second-order valence-corrected chi connectivity index (χ2v) is 10.1. The fourth-order valence-electron chi connectivity index (χ4n) is 5.27. The Labute approximate surface area is 211 Å². The molecule has 1 aliphatic heterocycles. The van der Waals surface area contributed by atoms with Crippen LogP contribution in [-0.4, -0.2) is 39.6 Å². The van der Waals surface area contributed by atoms with Gasteiger partial charge in [-0.1, -0.05) is 47.0 Å². The van der Waals surface area contributed by atoms with Crippen molar-refractivity contribution in [3.63, 3.8) is 0 Å². The first-order chi connectivity index (χ1) is 16.2. The van der Waals surface area contributed by atoms with Gasteiger partial charge in [0.1, 0.15) is 6.04 Å². The first-order valence-electron chi connectivity index (χ1n) is 10.8. The summed E-state index contributed by atoms with van der Waals surface area (Å²) in [7, 11) is 0. The Bertz CT molecular complexity index is 1230. The third kappa shape index (κ3) is 3.56. The van der Waals surface area contributed by atoms with Crippen molar-refractivity contribution in [1.29, 1.82) is 0 Å². The van der Waals surface area contributed by atoms with E-state index >= 15 is 0 Å². The van der Waals surface area contributed by atoms with Crippen LogP contribution in [0.5, 0.6) is 0 Å². The Kier molecular flexibility index (Phi) is 5.79. The molecule has 1 saturated carbocycles. The molecule has 9 heteroatoms. The van der Waals surface area contributed by atoms with E-state index < -0.39 is 41.4 Å². The van der Waals surface area contributed by atoms with Gasteiger partial charge in [0.25, 0.3) is 17.7 Å². The van der Waals surface area contributed by atoms with E-state index in [1.165, 1.54) is 37.3 Å². The number of allylic oxidation sites excluding steroid dienone is 2. The van der Waals surface area contributed by atoms with Crippen LogP contribution < -0.4 is 0 Å². The van der Waals surface area contributed by atoms with Crippen LogP contribution in [0.15, 0.2) is 54.6 Å². The zero-order valence-electron chi connectivity index (χ0n) is 18.0. The van der Waals surface area contributed by atoms with Crippen molar-refractivity contribution in [1.82, 2.24) is 10.0 Å². The number of Topliss-reactive ketones (excluding diaryl/α,β-unsaturated/α-hetero) is 1. The Balaban J connectivity index is 1.56. The summed E-state index contributed by atoms with van der Waals surface area (Å²) in [5.41, 5.74) is 0.397. The lowest BCUT2D eigenvalue weighted by Crippen LogP contribution is -2.56. The second-order valence-electron chi connectivity index (χ2n) is 8.81. The highest BCUT2D eigenvalue weighted by Gasteiger charge is 2.61. The number of hydrogen-bond donors (Lipinski definition) is 0. The third-order valence-electron chi connectivity index (χ3n) is 6.91. The zero-order chi connectivity index (χ0) is 24.3. The molecule has 34 heavy (non-hydrogen) atoms. The van der Waals surface area contributed by atoms with E-state index in [0.29, 0.717) is 10.6 Å². The molecule has 2 aromatic carbocycles. The monoisotopic (exact) mass is 516 g/mol. The third-order valence-corrected chi connectivity index (χ3v) is 7.90. The molecule has 0 N–H and O–H groups in total. The average molecular weight is 518 g/mol. The molecular weight excluding hydrogens is 499 g/mol. The number of carbonyl (C=O) groups is 4. The van der Waals surface area contributed by atoms with E-state index in [9.17, 15) is 19.2 Å². The number of ketones is 1. The maximum absolute atomic E-state index is 13.7. The molecule has 0 aromatic heterocycles. The molecule has 5 rings (SSSR count). The second kappa shape index (κ2) is 8.52. The van der Waals surface area contributed by atoms with Gasteiger partial charge in [0.05, 0.1) is 21.9 Å². The normalized spacial score (nSPS) is 25.6. The molecule has 0 spiro atoms. The van der Waals surface area contributed by atoms with Crippen molar-refractivity contribution in [3.8, 4) is 0 Å². The summed E-state index contributed by atoms with van der Waals surface area (Å²) >= 11 is 18.1. The van der Waals surface area contributed by atoms with Crippen LogP contribution in [0.3, 0.4) is 0 Å².